The standard InChI is InChI=1S/C18H27N3O5/c1-18(2,3)26-17(23)21(13-4-6-19-10-14(13)22)11-12-16-15(5-7-20-12)24-8-9-25-16/h5,7,13-14,19,22H,4,6,8-11H2,1-3H3/t13-,14+/m0/s1. The first-order chi connectivity index (χ1) is 12.3. The number of aromatic nitrogens is 1. The molecular weight excluding hydrogens is 338 g/mol. The van der Waals surface area contributed by atoms with Crippen LogP contribution in [-0.2, 0) is 11.3 Å². The molecule has 0 spiro atoms. The van der Waals surface area contributed by atoms with E-state index in [1.807, 2.05) is 20.8 Å². The zero-order valence-electron chi connectivity index (χ0n) is 15.5. The zero-order valence-corrected chi connectivity index (χ0v) is 15.5. The number of nitrogens with zero attached hydrogens (tertiary/aromatic N) is 2. The lowest BCUT2D eigenvalue weighted by molar-refractivity contribution is -0.0166. The van der Waals surface area contributed by atoms with E-state index in [1.54, 1.807) is 17.2 Å². The van der Waals surface area contributed by atoms with E-state index in [0.29, 0.717) is 43.4 Å². The molecule has 1 fully saturated rings. The number of hydrogen-bond acceptors (Lipinski definition) is 7. The number of pyridine rings is 1. The maximum absolute atomic E-state index is 12.8. The topological polar surface area (TPSA) is 93.2 Å². The minimum absolute atomic E-state index is 0.184. The Hall–Kier alpha value is -2.06. The Labute approximate surface area is 153 Å². The molecule has 2 aliphatic rings. The van der Waals surface area contributed by atoms with Crippen molar-refractivity contribution in [1.29, 1.82) is 0 Å². The van der Waals surface area contributed by atoms with Gasteiger partial charge in [0.2, 0.25) is 0 Å². The van der Waals surface area contributed by atoms with Crippen LogP contribution in [0.4, 0.5) is 4.79 Å². The van der Waals surface area contributed by atoms with Gasteiger partial charge in [-0.1, -0.05) is 0 Å². The van der Waals surface area contributed by atoms with Crippen molar-refractivity contribution in [3.8, 4) is 11.5 Å². The number of carbonyl (C=O) groups is 1. The van der Waals surface area contributed by atoms with Gasteiger partial charge in [0.25, 0.3) is 0 Å². The van der Waals surface area contributed by atoms with Crippen LogP contribution < -0.4 is 14.8 Å². The molecule has 0 saturated carbocycles. The van der Waals surface area contributed by atoms with Crippen molar-refractivity contribution in [1.82, 2.24) is 15.2 Å². The molecule has 0 aromatic carbocycles. The average molecular weight is 365 g/mol. The number of β-amino-alcohol motifs (C(OH)–C–C–N with tert-alkyl or cyclic N) is 1. The van der Waals surface area contributed by atoms with Crippen LogP contribution in [0.1, 0.15) is 32.9 Å². The molecule has 1 amide bonds. The number of rotatable bonds is 3. The van der Waals surface area contributed by atoms with Gasteiger partial charge in [-0.25, -0.2) is 4.79 Å². The lowest BCUT2D eigenvalue weighted by atomic mass is 10.0. The van der Waals surface area contributed by atoms with Crippen LogP contribution in [-0.4, -0.2) is 65.1 Å². The summed E-state index contributed by atoms with van der Waals surface area (Å²) in [5.41, 5.74) is -0.0325. The highest BCUT2D eigenvalue weighted by Gasteiger charge is 2.35. The minimum Gasteiger partial charge on any atom is -0.486 e. The van der Waals surface area contributed by atoms with Crippen LogP contribution in [0.15, 0.2) is 12.3 Å². The molecule has 3 heterocycles. The largest absolute Gasteiger partial charge is 0.486 e. The van der Waals surface area contributed by atoms with Gasteiger partial charge in [-0.15, -0.1) is 0 Å². The molecule has 26 heavy (non-hydrogen) atoms. The second kappa shape index (κ2) is 7.67. The van der Waals surface area contributed by atoms with Crippen molar-refractivity contribution < 1.29 is 24.1 Å². The molecule has 2 aliphatic heterocycles. The summed E-state index contributed by atoms with van der Waals surface area (Å²) in [5.74, 6) is 1.17. The third-order valence-corrected chi connectivity index (χ3v) is 4.29. The molecule has 3 rings (SSSR count). The lowest BCUT2D eigenvalue weighted by Crippen LogP contribution is -2.55. The fraction of sp³-hybridized carbons (Fsp3) is 0.667. The number of carbonyl (C=O) groups excluding carboxylic acids is 1. The van der Waals surface area contributed by atoms with Crippen LogP contribution in [0.25, 0.3) is 0 Å². The van der Waals surface area contributed by atoms with Crippen LogP contribution in [0.2, 0.25) is 0 Å². The molecule has 8 heteroatoms. The van der Waals surface area contributed by atoms with Gasteiger partial charge < -0.3 is 24.6 Å². The van der Waals surface area contributed by atoms with Crippen LogP contribution in [0.5, 0.6) is 11.5 Å². The van der Waals surface area contributed by atoms with Gasteiger partial charge in [0.1, 0.15) is 24.5 Å². The zero-order chi connectivity index (χ0) is 18.7. The highest BCUT2D eigenvalue weighted by molar-refractivity contribution is 5.69. The first-order valence-electron chi connectivity index (χ1n) is 8.97. The number of aliphatic hydroxyl groups excluding tert-OH is 1. The van der Waals surface area contributed by atoms with Crippen molar-refractivity contribution in [3.63, 3.8) is 0 Å². The highest BCUT2D eigenvalue weighted by atomic mass is 16.6. The minimum atomic E-state index is -0.673. The second-order valence-electron chi connectivity index (χ2n) is 7.52. The molecule has 144 valence electrons. The van der Waals surface area contributed by atoms with Gasteiger partial charge in [-0.2, -0.15) is 0 Å². The Balaban J connectivity index is 1.87. The summed E-state index contributed by atoms with van der Waals surface area (Å²) in [7, 11) is 0. The van der Waals surface area contributed by atoms with E-state index in [-0.39, 0.29) is 12.6 Å². The number of ether oxygens (including phenoxy) is 3. The quantitative estimate of drug-likeness (QED) is 0.834. The van der Waals surface area contributed by atoms with E-state index >= 15 is 0 Å². The normalized spacial score (nSPS) is 22.6. The van der Waals surface area contributed by atoms with Crippen molar-refractivity contribution in [2.24, 2.45) is 0 Å². The third kappa shape index (κ3) is 4.37. The predicted octanol–water partition coefficient (Wildman–Crippen LogP) is 1.31. The smallest absolute Gasteiger partial charge is 0.410 e. The van der Waals surface area contributed by atoms with Crippen LogP contribution >= 0.6 is 0 Å². The van der Waals surface area contributed by atoms with E-state index in [9.17, 15) is 9.90 Å². The number of aliphatic hydroxyl groups is 1. The van der Waals surface area contributed by atoms with Gasteiger partial charge in [0.05, 0.1) is 18.7 Å². The molecule has 0 radical (unpaired) electrons. The Morgan fingerprint density at radius 3 is 2.92 bits per heavy atom. The summed E-state index contributed by atoms with van der Waals surface area (Å²) in [4.78, 5) is 18.8. The van der Waals surface area contributed by atoms with E-state index in [2.05, 4.69) is 10.3 Å². The van der Waals surface area contributed by atoms with E-state index in [0.717, 1.165) is 6.54 Å². The van der Waals surface area contributed by atoms with E-state index in [1.165, 1.54) is 0 Å². The molecule has 1 saturated heterocycles. The van der Waals surface area contributed by atoms with Crippen molar-refractivity contribution in [2.75, 3.05) is 26.3 Å². The van der Waals surface area contributed by atoms with Gasteiger partial charge in [0.15, 0.2) is 11.5 Å². The molecule has 1 aromatic rings. The summed E-state index contributed by atoms with van der Waals surface area (Å²) in [6.07, 6.45) is 1.12. The monoisotopic (exact) mass is 365 g/mol. The maximum Gasteiger partial charge on any atom is 0.410 e. The molecule has 0 aliphatic carbocycles. The van der Waals surface area contributed by atoms with E-state index in [4.69, 9.17) is 14.2 Å². The Bertz CT molecular complexity index is 646. The SMILES string of the molecule is CC(C)(C)OC(=O)N(Cc1nccc2c1OCCO2)[C@H]1CCNC[C@H]1O. The predicted molar refractivity (Wildman–Crippen MR) is 94.3 cm³/mol. The Kier molecular flexibility index (Phi) is 5.52. The number of piperidine rings is 1. The molecule has 1 aromatic heterocycles. The number of fused-ring (bicyclic) bond motifs is 1. The number of nitrogens with one attached hydrogen (secondary N) is 1. The average Bonchev–Trinajstić information content (AvgIpc) is 2.59. The molecule has 2 atom stereocenters. The summed E-state index contributed by atoms with van der Waals surface area (Å²) >= 11 is 0. The van der Waals surface area contributed by atoms with Gasteiger partial charge >= 0.3 is 6.09 Å². The summed E-state index contributed by atoms with van der Waals surface area (Å²) in [5, 5.41) is 13.5. The van der Waals surface area contributed by atoms with Crippen molar-refractivity contribution in [3.05, 3.63) is 18.0 Å². The molecule has 2 N–H and O–H groups in total. The van der Waals surface area contributed by atoms with Crippen LogP contribution in [0, 0.1) is 0 Å². The second-order valence-corrected chi connectivity index (χ2v) is 7.52. The molecule has 0 unspecified atom stereocenters. The summed E-state index contributed by atoms with van der Waals surface area (Å²) in [6, 6.07) is 1.39. The summed E-state index contributed by atoms with van der Waals surface area (Å²) < 4.78 is 16.9. The van der Waals surface area contributed by atoms with Crippen LogP contribution in [0.3, 0.4) is 0 Å². The fourth-order valence-corrected chi connectivity index (χ4v) is 3.14. The Morgan fingerprint density at radius 1 is 1.42 bits per heavy atom. The first kappa shape index (κ1) is 18.7. The highest BCUT2D eigenvalue weighted by Crippen LogP contribution is 2.33. The van der Waals surface area contributed by atoms with Gasteiger partial charge in [0, 0.05) is 18.8 Å². The fourth-order valence-electron chi connectivity index (χ4n) is 3.14. The van der Waals surface area contributed by atoms with Crippen molar-refractivity contribution in [2.45, 2.75) is 51.5 Å². The maximum atomic E-state index is 12.8. The molecule has 0 bridgehead atoms. The number of hydrogen-bond donors (Lipinski definition) is 2. The molecular formula is C18H27N3O5. The van der Waals surface area contributed by atoms with E-state index < -0.39 is 17.8 Å². The third-order valence-electron chi connectivity index (χ3n) is 4.29. The lowest BCUT2D eigenvalue weighted by Gasteiger charge is -2.38. The van der Waals surface area contributed by atoms with Crippen molar-refractivity contribution >= 4 is 6.09 Å². The molecule has 8 nitrogen and oxygen atoms in total. The van der Waals surface area contributed by atoms with Gasteiger partial charge in [-0.05, 0) is 33.7 Å². The summed E-state index contributed by atoms with van der Waals surface area (Å²) in [6.45, 7) is 7.73. The Morgan fingerprint density at radius 2 is 2.19 bits per heavy atom. The van der Waals surface area contributed by atoms with Gasteiger partial charge in [-0.3, -0.25) is 9.88 Å². The number of amides is 1. The first-order valence-corrected chi connectivity index (χ1v) is 8.97.